The van der Waals surface area contributed by atoms with Gasteiger partial charge in [-0.05, 0) is 44.2 Å². The SMILES string of the molecule is Cc1ccc(C(=O)NCC(=O)N/N=C/c2cn(-c3ccccc3)nc2-c2cccc(C)c2)cc1. The third kappa shape index (κ3) is 5.63. The quantitative estimate of drug-likeness (QED) is 0.328. The molecule has 4 rings (SSSR count). The van der Waals surface area contributed by atoms with E-state index in [-0.39, 0.29) is 12.5 Å². The van der Waals surface area contributed by atoms with E-state index in [2.05, 4.69) is 15.8 Å². The van der Waals surface area contributed by atoms with Crippen molar-refractivity contribution in [1.29, 1.82) is 0 Å². The van der Waals surface area contributed by atoms with Crippen LogP contribution in [-0.2, 0) is 4.79 Å². The number of hydrogen-bond donors (Lipinski definition) is 2. The topological polar surface area (TPSA) is 88.4 Å². The predicted octanol–water partition coefficient (Wildman–Crippen LogP) is 4.04. The fraction of sp³-hybridized carbons (Fsp3) is 0.111. The number of hydrazone groups is 1. The molecule has 2 N–H and O–H groups in total. The maximum absolute atomic E-state index is 12.2. The Morgan fingerprint density at radius 1 is 0.941 bits per heavy atom. The van der Waals surface area contributed by atoms with Crippen molar-refractivity contribution in [2.45, 2.75) is 13.8 Å². The van der Waals surface area contributed by atoms with Crippen molar-refractivity contribution in [3.63, 3.8) is 0 Å². The van der Waals surface area contributed by atoms with Crippen LogP contribution in [0, 0.1) is 13.8 Å². The highest BCUT2D eigenvalue weighted by molar-refractivity contribution is 5.96. The molecular weight excluding hydrogens is 426 g/mol. The standard InChI is InChI=1S/C27H25N5O2/c1-19-11-13-21(14-12-19)27(34)28-17-25(33)30-29-16-23-18-32(24-9-4-3-5-10-24)31-26(23)22-8-6-7-20(2)15-22/h3-16,18H,17H2,1-2H3,(H,28,34)(H,30,33)/b29-16+. The molecule has 0 atom stereocenters. The Kier molecular flexibility index (Phi) is 6.93. The van der Waals surface area contributed by atoms with Gasteiger partial charge in [-0.15, -0.1) is 0 Å². The van der Waals surface area contributed by atoms with Crippen LogP contribution in [0.15, 0.2) is 90.2 Å². The van der Waals surface area contributed by atoms with Gasteiger partial charge in [0.25, 0.3) is 11.8 Å². The second kappa shape index (κ2) is 10.4. The number of para-hydroxylation sites is 1. The predicted molar refractivity (Wildman–Crippen MR) is 133 cm³/mol. The van der Waals surface area contributed by atoms with Gasteiger partial charge in [0.15, 0.2) is 0 Å². The first kappa shape index (κ1) is 22.7. The van der Waals surface area contributed by atoms with Crippen molar-refractivity contribution in [3.8, 4) is 16.9 Å². The summed E-state index contributed by atoms with van der Waals surface area (Å²) in [6.45, 7) is 3.79. The number of hydrogen-bond acceptors (Lipinski definition) is 4. The fourth-order valence-corrected chi connectivity index (χ4v) is 3.39. The van der Waals surface area contributed by atoms with Gasteiger partial charge in [0.2, 0.25) is 0 Å². The zero-order valence-electron chi connectivity index (χ0n) is 19.0. The molecule has 34 heavy (non-hydrogen) atoms. The zero-order chi connectivity index (χ0) is 23.9. The Hall–Kier alpha value is -4.52. The minimum atomic E-state index is -0.427. The largest absolute Gasteiger partial charge is 0.343 e. The Morgan fingerprint density at radius 3 is 2.44 bits per heavy atom. The number of carbonyl (C=O) groups is 2. The molecule has 0 saturated carbocycles. The lowest BCUT2D eigenvalue weighted by molar-refractivity contribution is -0.120. The van der Waals surface area contributed by atoms with Crippen molar-refractivity contribution in [2.24, 2.45) is 5.10 Å². The van der Waals surface area contributed by atoms with E-state index >= 15 is 0 Å². The Balaban J connectivity index is 1.46. The molecule has 0 spiro atoms. The highest BCUT2D eigenvalue weighted by atomic mass is 16.2. The average molecular weight is 452 g/mol. The van der Waals surface area contributed by atoms with E-state index < -0.39 is 5.91 Å². The molecule has 0 aliphatic rings. The summed E-state index contributed by atoms with van der Waals surface area (Å²) in [6.07, 6.45) is 3.42. The number of nitrogens with one attached hydrogen (secondary N) is 2. The van der Waals surface area contributed by atoms with Gasteiger partial charge in [-0.25, -0.2) is 10.1 Å². The fourth-order valence-electron chi connectivity index (χ4n) is 3.39. The number of benzene rings is 3. The smallest absolute Gasteiger partial charge is 0.259 e. The number of aryl methyl sites for hydroxylation is 2. The molecule has 2 amide bonds. The van der Waals surface area contributed by atoms with Crippen LogP contribution in [0.5, 0.6) is 0 Å². The molecule has 1 heterocycles. The van der Waals surface area contributed by atoms with Gasteiger partial charge < -0.3 is 5.32 Å². The summed E-state index contributed by atoms with van der Waals surface area (Å²) in [7, 11) is 0. The molecule has 7 nitrogen and oxygen atoms in total. The lowest BCUT2D eigenvalue weighted by Crippen LogP contribution is -2.34. The molecule has 4 aromatic rings. The van der Waals surface area contributed by atoms with Gasteiger partial charge in [0.1, 0.15) is 5.69 Å². The minimum Gasteiger partial charge on any atom is -0.343 e. The summed E-state index contributed by atoms with van der Waals surface area (Å²) in [5.74, 6) is -0.741. The molecule has 0 radical (unpaired) electrons. The molecule has 3 aromatic carbocycles. The summed E-state index contributed by atoms with van der Waals surface area (Å²) < 4.78 is 1.78. The lowest BCUT2D eigenvalue weighted by atomic mass is 10.1. The van der Waals surface area contributed by atoms with Crippen molar-refractivity contribution < 1.29 is 9.59 Å². The summed E-state index contributed by atoms with van der Waals surface area (Å²) in [6, 6.07) is 24.9. The van der Waals surface area contributed by atoms with E-state index in [1.54, 1.807) is 23.0 Å². The van der Waals surface area contributed by atoms with Crippen LogP contribution < -0.4 is 10.7 Å². The van der Waals surface area contributed by atoms with Gasteiger partial charge in [-0.2, -0.15) is 10.2 Å². The van der Waals surface area contributed by atoms with Crippen LogP contribution >= 0.6 is 0 Å². The van der Waals surface area contributed by atoms with Crippen LogP contribution in [0.25, 0.3) is 16.9 Å². The van der Waals surface area contributed by atoms with Gasteiger partial charge in [0.05, 0.1) is 18.4 Å². The summed E-state index contributed by atoms with van der Waals surface area (Å²) >= 11 is 0. The number of aromatic nitrogens is 2. The second-order valence-corrected chi connectivity index (χ2v) is 7.92. The molecule has 170 valence electrons. The number of amides is 2. The van der Waals surface area contributed by atoms with Crippen LogP contribution in [0.2, 0.25) is 0 Å². The molecular formula is C27H25N5O2. The van der Waals surface area contributed by atoms with Gasteiger partial charge in [0, 0.05) is 22.9 Å². The highest BCUT2D eigenvalue weighted by Crippen LogP contribution is 2.23. The molecule has 0 aliphatic carbocycles. The summed E-state index contributed by atoms with van der Waals surface area (Å²) in [5, 5.41) is 11.4. The van der Waals surface area contributed by atoms with Crippen LogP contribution in [0.4, 0.5) is 0 Å². The molecule has 0 aliphatic heterocycles. The van der Waals surface area contributed by atoms with Crippen molar-refractivity contribution in [3.05, 3.63) is 107 Å². The van der Waals surface area contributed by atoms with Gasteiger partial charge in [-0.1, -0.05) is 59.7 Å². The average Bonchev–Trinajstić information content (AvgIpc) is 3.28. The third-order valence-electron chi connectivity index (χ3n) is 5.17. The van der Waals surface area contributed by atoms with Gasteiger partial charge in [-0.3, -0.25) is 9.59 Å². The van der Waals surface area contributed by atoms with Gasteiger partial charge >= 0.3 is 0 Å². The van der Waals surface area contributed by atoms with Crippen LogP contribution in [0.3, 0.4) is 0 Å². The number of carbonyl (C=O) groups excluding carboxylic acids is 2. The number of rotatable bonds is 7. The first-order chi connectivity index (χ1) is 16.5. The van der Waals surface area contributed by atoms with Crippen LogP contribution in [-0.4, -0.2) is 34.4 Å². The van der Waals surface area contributed by atoms with E-state index in [4.69, 9.17) is 5.10 Å². The number of nitrogens with zero attached hydrogens (tertiary/aromatic N) is 3. The van der Waals surface area contributed by atoms with E-state index in [0.717, 1.165) is 33.6 Å². The summed E-state index contributed by atoms with van der Waals surface area (Å²) in [5.41, 5.74) is 8.50. The first-order valence-corrected chi connectivity index (χ1v) is 10.9. The van der Waals surface area contributed by atoms with E-state index in [1.165, 1.54) is 0 Å². The van der Waals surface area contributed by atoms with Crippen LogP contribution in [0.1, 0.15) is 27.0 Å². The maximum Gasteiger partial charge on any atom is 0.259 e. The Morgan fingerprint density at radius 2 is 1.71 bits per heavy atom. The third-order valence-corrected chi connectivity index (χ3v) is 5.17. The summed E-state index contributed by atoms with van der Waals surface area (Å²) in [4.78, 5) is 24.4. The Bertz CT molecular complexity index is 1320. The molecule has 0 bridgehead atoms. The molecule has 0 fully saturated rings. The zero-order valence-corrected chi connectivity index (χ0v) is 19.0. The lowest BCUT2D eigenvalue weighted by Gasteiger charge is -2.04. The minimum absolute atomic E-state index is 0.182. The monoisotopic (exact) mass is 451 g/mol. The highest BCUT2D eigenvalue weighted by Gasteiger charge is 2.12. The second-order valence-electron chi connectivity index (χ2n) is 7.92. The maximum atomic E-state index is 12.2. The van der Waals surface area contributed by atoms with Crippen molar-refractivity contribution in [1.82, 2.24) is 20.5 Å². The molecule has 0 unspecified atom stereocenters. The van der Waals surface area contributed by atoms with Crippen molar-refractivity contribution >= 4 is 18.0 Å². The van der Waals surface area contributed by atoms with E-state index in [1.807, 2.05) is 86.8 Å². The molecule has 1 aromatic heterocycles. The first-order valence-electron chi connectivity index (χ1n) is 10.9. The molecule has 0 saturated heterocycles. The van der Waals surface area contributed by atoms with Crippen molar-refractivity contribution in [2.75, 3.05) is 6.54 Å². The normalized spacial score (nSPS) is 10.9. The Labute approximate surface area is 198 Å². The van der Waals surface area contributed by atoms with E-state index in [9.17, 15) is 9.59 Å². The molecule has 7 heteroatoms. The van der Waals surface area contributed by atoms with E-state index in [0.29, 0.717) is 5.56 Å².